The molecule has 1 aromatic carbocycles. The van der Waals surface area contributed by atoms with Gasteiger partial charge >= 0.3 is 0 Å². The van der Waals surface area contributed by atoms with Gasteiger partial charge in [0.15, 0.2) is 0 Å². The normalized spacial score (nSPS) is 12.6. The van der Waals surface area contributed by atoms with Crippen LogP contribution in [-0.4, -0.2) is 18.3 Å². The molecule has 1 unspecified atom stereocenters. The number of hydrogen-bond acceptors (Lipinski definition) is 2. The molecule has 0 saturated carbocycles. The van der Waals surface area contributed by atoms with E-state index in [-0.39, 0.29) is 0 Å². The summed E-state index contributed by atoms with van der Waals surface area (Å²) in [5, 5.41) is 4.96. The van der Waals surface area contributed by atoms with Gasteiger partial charge < -0.3 is 5.32 Å². The summed E-state index contributed by atoms with van der Waals surface area (Å²) in [5.41, 5.74) is 1.35. The van der Waals surface area contributed by atoms with E-state index in [9.17, 15) is 0 Å². The van der Waals surface area contributed by atoms with Gasteiger partial charge in [0.1, 0.15) is 0 Å². The Morgan fingerprint density at radius 1 is 1.29 bits per heavy atom. The SMILES string of the molecule is CCCCNCC(C)SCc1ccc(Cl)cc1. The van der Waals surface area contributed by atoms with Crippen LogP contribution in [0.15, 0.2) is 24.3 Å². The minimum absolute atomic E-state index is 0.655. The number of benzene rings is 1. The van der Waals surface area contributed by atoms with Crippen molar-refractivity contribution in [1.82, 2.24) is 5.32 Å². The van der Waals surface area contributed by atoms with Gasteiger partial charge in [-0.3, -0.25) is 0 Å². The lowest BCUT2D eigenvalue weighted by Crippen LogP contribution is -2.23. The summed E-state index contributed by atoms with van der Waals surface area (Å²) < 4.78 is 0. The fourth-order valence-electron chi connectivity index (χ4n) is 1.49. The van der Waals surface area contributed by atoms with Crippen molar-refractivity contribution in [3.05, 3.63) is 34.9 Å². The van der Waals surface area contributed by atoms with Crippen LogP contribution in [-0.2, 0) is 5.75 Å². The average molecular weight is 272 g/mol. The van der Waals surface area contributed by atoms with Crippen LogP contribution in [0.3, 0.4) is 0 Å². The number of thioether (sulfide) groups is 1. The number of unbranched alkanes of at least 4 members (excludes halogenated alkanes) is 1. The topological polar surface area (TPSA) is 12.0 Å². The van der Waals surface area contributed by atoms with Crippen LogP contribution >= 0.6 is 23.4 Å². The summed E-state index contributed by atoms with van der Waals surface area (Å²) in [5.74, 6) is 1.06. The highest BCUT2D eigenvalue weighted by Gasteiger charge is 2.02. The molecule has 96 valence electrons. The van der Waals surface area contributed by atoms with E-state index < -0.39 is 0 Å². The van der Waals surface area contributed by atoms with Gasteiger partial charge in [-0.2, -0.15) is 11.8 Å². The molecule has 0 radical (unpaired) electrons. The highest BCUT2D eigenvalue weighted by molar-refractivity contribution is 7.99. The Hall–Kier alpha value is -0.180. The lowest BCUT2D eigenvalue weighted by Gasteiger charge is -2.12. The second-order valence-corrected chi connectivity index (χ2v) is 6.17. The van der Waals surface area contributed by atoms with Crippen molar-refractivity contribution in [2.45, 2.75) is 37.7 Å². The molecule has 0 aromatic heterocycles. The van der Waals surface area contributed by atoms with Gasteiger partial charge in [-0.1, -0.05) is 44.0 Å². The van der Waals surface area contributed by atoms with Crippen molar-refractivity contribution in [2.24, 2.45) is 0 Å². The van der Waals surface area contributed by atoms with Gasteiger partial charge in [0, 0.05) is 22.6 Å². The molecule has 0 spiro atoms. The molecular weight excluding hydrogens is 250 g/mol. The van der Waals surface area contributed by atoms with Crippen LogP contribution in [0, 0.1) is 0 Å². The minimum atomic E-state index is 0.655. The summed E-state index contributed by atoms with van der Waals surface area (Å²) in [4.78, 5) is 0. The maximum Gasteiger partial charge on any atom is 0.0406 e. The number of nitrogens with one attached hydrogen (secondary N) is 1. The zero-order valence-electron chi connectivity index (χ0n) is 10.7. The molecule has 1 rings (SSSR count). The van der Waals surface area contributed by atoms with Gasteiger partial charge in [0.05, 0.1) is 0 Å². The highest BCUT2D eigenvalue weighted by atomic mass is 35.5. The van der Waals surface area contributed by atoms with Crippen molar-refractivity contribution in [1.29, 1.82) is 0 Å². The van der Waals surface area contributed by atoms with E-state index in [4.69, 9.17) is 11.6 Å². The molecule has 0 aliphatic rings. The van der Waals surface area contributed by atoms with E-state index in [1.807, 2.05) is 23.9 Å². The van der Waals surface area contributed by atoms with E-state index in [0.29, 0.717) is 5.25 Å². The Bertz CT molecular complexity index is 300. The van der Waals surface area contributed by atoms with E-state index in [0.717, 1.165) is 23.9 Å². The average Bonchev–Trinajstić information content (AvgIpc) is 2.34. The first kappa shape index (κ1) is 14.9. The number of hydrogen-bond donors (Lipinski definition) is 1. The van der Waals surface area contributed by atoms with Gasteiger partial charge in [0.25, 0.3) is 0 Å². The molecule has 0 saturated heterocycles. The van der Waals surface area contributed by atoms with E-state index in [1.165, 1.54) is 18.4 Å². The van der Waals surface area contributed by atoms with Crippen molar-refractivity contribution in [2.75, 3.05) is 13.1 Å². The first-order valence-electron chi connectivity index (χ1n) is 6.29. The lowest BCUT2D eigenvalue weighted by atomic mass is 10.2. The Kier molecular flexibility index (Phi) is 7.74. The van der Waals surface area contributed by atoms with Crippen LogP contribution in [0.5, 0.6) is 0 Å². The molecule has 0 aliphatic heterocycles. The summed E-state index contributed by atoms with van der Waals surface area (Å²) in [6.07, 6.45) is 2.54. The molecule has 1 atom stereocenters. The fraction of sp³-hybridized carbons (Fsp3) is 0.571. The number of rotatable bonds is 8. The van der Waals surface area contributed by atoms with Crippen LogP contribution in [0.2, 0.25) is 5.02 Å². The molecular formula is C14H22ClNS. The Balaban J connectivity index is 2.14. The second kappa shape index (κ2) is 8.84. The smallest absolute Gasteiger partial charge is 0.0406 e. The molecule has 0 bridgehead atoms. The zero-order valence-corrected chi connectivity index (χ0v) is 12.3. The van der Waals surface area contributed by atoms with Crippen LogP contribution in [0.25, 0.3) is 0 Å². The van der Waals surface area contributed by atoms with Gasteiger partial charge in [-0.05, 0) is 30.7 Å². The van der Waals surface area contributed by atoms with Crippen molar-refractivity contribution in [3.8, 4) is 0 Å². The summed E-state index contributed by atoms with van der Waals surface area (Å²) in [7, 11) is 0. The second-order valence-electron chi connectivity index (χ2n) is 4.31. The quantitative estimate of drug-likeness (QED) is 0.706. The fourth-order valence-corrected chi connectivity index (χ4v) is 2.52. The Morgan fingerprint density at radius 3 is 2.65 bits per heavy atom. The standard InChI is InChI=1S/C14H22ClNS/c1-3-4-9-16-10-12(2)17-11-13-5-7-14(15)8-6-13/h5-8,12,16H,3-4,9-11H2,1-2H3. The van der Waals surface area contributed by atoms with Crippen LogP contribution in [0.4, 0.5) is 0 Å². The van der Waals surface area contributed by atoms with Crippen LogP contribution in [0.1, 0.15) is 32.3 Å². The molecule has 1 nitrogen and oxygen atoms in total. The summed E-state index contributed by atoms with van der Waals surface area (Å²) >= 11 is 7.84. The van der Waals surface area contributed by atoms with Crippen molar-refractivity contribution in [3.63, 3.8) is 0 Å². The van der Waals surface area contributed by atoms with E-state index in [2.05, 4.69) is 31.3 Å². The lowest BCUT2D eigenvalue weighted by molar-refractivity contribution is 0.638. The van der Waals surface area contributed by atoms with Crippen molar-refractivity contribution < 1.29 is 0 Å². The number of halogens is 1. The molecule has 0 aliphatic carbocycles. The monoisotopic (exact) mass is 271 g/mol. The third-order valence-corrected chi connectivity index (χ3v) is 4.07. The molecule has 1 aromatic rings. The van der Waals surface area contributed by atoms with Gasteiger partial charge in [-0.15, -0.1) is 0 Å². The van der Waals surface area contributed by atoms with Gasteiger partial charge in [-0.25, -0.2) is 0 Å². The maximum atomic E-state index is 5.86. The Morgan fingerprint density at radius 2 is 2.00 bits per heavy atom. The predicted octanol–water partition coefficient (Wildman–Crippen LogP) is 4.35. The molecule has 17 heavy (non-hydrogen) atoms. The van der Waals surface area contributed by atoms with E-state index >= 15 is 0 Å². The molecule has 3 heteroatoms. The van der Waals surface area contributed by atoms with Gasteiger partial charge in [0.2, 0.25) is 0 Å². The molecule has 1 N–H and O–H groups in total. The summed E-state index contributed by atoms with van der Waals surface area (Å²) in [6.45, 7) is 6.74. The first-order chi connectivity index (χ1) is 8.22. The third-order valence-electron chi connectivity index (χ3n) is 2.59. The largest absolute Gasteiger partial charge is 0.316 e. The zero-order chi connectivity index (χ0) is 12.5. The highest BCUT2D eigenvalue weighted by Crippen LogP contribution is 2.18. The van der Waals surface area contributed by atoms with Crippen LogP contribution < -0.4 is 5.32 Å². The third kappa shape index (κ3) is 6.97. The minimum Gasteiger partial charge on any atom is -0.316 e. The maximum absolute atomic E-state index is 5.86. The van der Waals surface area contributed by atoms with Crippen molar-refractivity contribution >= 4 is 23.4 Å². The molecule has 0 amide bonds. The first-order valence-corrected chi connectivity index (χ1v) is 7.71. The molecule has 0 fully saturated rings. The molecule has 0 heterocycles. The summed E-state index contributed by atoms with van der Waals surface area (Å²) in [6, 6.07) is 8.13. The van der Waals surface area contributed by atoms with E-state index in [1.54, 1.807) is 0 Å². The Labute approximate surface area is 114 Å². The predicted molar refractivity (Wildman–Crippen MR) is 80.0 cm³/mol.